The Morgan fingerprint density at radius 3 is 1.31 bits per heavy atom. The quantitative estimate of drug-likeness (QED) is 0.0144. The Balaban J connectivity index is 0.872. The van der Waals surface area contributed by atoms with Crippen molar-refractivity contribution in [3.05, 3.63) is 134 Å². The molecule has 48 nitrogen and oxygen atoms in total. The Hall–Kier alpha value is -17.2. The van der Waals surface area contributed by atoms with Gasteiger partial charge in [-0.1, -0.05) is 6.92 Å². The molecular weight excluding hydrogens is 1760 g/mol. The summed E-state index contributed by atoms with van der Waals surface area (Å²) in [5.41, 5.74) is -13.9. The average Bonchev–Trinajstić information content (AvgIpc) is 1.71. The van der Waals surface area contributed by atoms with Crippen LogP contribution >= 0.6 is 0 Å². The highest BCUT2D eigenvalue weighted by molar-refractivity contribution is 6.09. The Morgan fingerprint density at radius 1 is 0.382 bits per heavy atom. The molecule has 14 rings (SSSR count). The number of aromatic hydroxyl groups is 29. The smallest absolute Gasteiger partial charge is 0.344 e. The van der Waals surface area contributed by atoms with Gasteiger partial charge in [-0.3, -0.25) is 10.5 Å². The molecule has 3 heterocycles. The molecule has 10 aromatic rings. The molecule has 10 aromatic carbocycles. The molecule has 0 amide bonds. The minimum Gasteiger partial charge on any atom is -0.504 e. The molecule has 4 aliphatic rings. The second kappa shape index (κ2) is 33.9. The number of aryl methyl sites for hydroxylation is 1. The number of hydrogen-bond acceptors (Lipinski definition) is 48. The first kappa shape index (κ1) is 90.0. The van der Waals surface area contributed by atoms with Crippen molar-refractivity contribution in [2.75, 3.05) is 0 Å². The molecule has 131 heavy (non-hydrogen) atoms. The van der Waals surface area contributed by atoms with Gasteiger partial charge in [-0.2, -0.15) is 0 Å². The van der Waals surface area contributed by atoms with E-state index in [0.717, 1.165) is 19.1 Å². The summed E-state index contributed by atoms with van der Waals surface area (Å²) in [6.07, 6.45) is -24.7. The van der Waals surface area contributed by atoms with Crippen LogP contribution in [0.25, 0.3) is 33.4 Å². The topological polar surface area (TPSA) is 831 Å². The van der Waals surface area contributed by atoms with Crippen molar-refractivity contribution < 1.29 is 240 Å². The van der Waals surface area contributed by atoms with Gasteiger partial charge in [0.1, 0.15) is 18.3 Å². The van der Waals surface area contributed by atoms with Gasteiger partial charge >= 0.3 is 35.8 Å². The molecule has 0 saturated carbocycles. The van der Waals surface area contributed by atoms with Crippen LogP contribution in [0.3, 0.4) is 0 Å². The van der Waals surface area contributed by atoms with E-state index in [-0.39, 0.29) is 11.6 Å². The number of benzene rings is 10. The number of carbonyl (C=O) groups is 6. The summed E-state index contributed by atoms with van der Waals surface area (Å²) in [4.78, 5) is 99.0. The van der Waals surface area contributed by atoms with Crippen LogP contribution < -0.4 is 4.74 Å². The molecule has 11 atom stereocenters. The van der Waals surface area contributed by atoms with E-state index in [2.05, 4.69) is 4.89 Å². The second-order valence-corrected chi connectivity index (χ2v) is 29.9. The molecule has 3 aliphatic heterocycles. The molecular formula is C83H68O48. The summed E-state index contributed by atoms with van der Waals surface area (Å²) >= 11 is 0. The third-order valence-electron chi connectivity index (χ3n) is 22.1. The molecule has 1 aliphatic carbocycles. The van der Waals surface area contributed by atoms with Gasteiger partial charge in [-0.15, -0.1) is 0 Å². The van der Waals surface area contributed by atoms with Crippen molar-refractivity contribution in [2.24, 2.45) is 11.8 Å². The van der Waals surface area contributed by atoms with Crippen LogP contribution in [0.15, 0.2) is 78.9 Å². The van der Waals surface area contributed by atoms with Gasteiger partial charge < -0.3 is 191 Å². The number of esters is 6. The van der Waals surface area contributed by atoms with Crippen LogP contribution in [0.4, 0.5) is 0 Å². The fourth-order valence-corrected chi connectivity index (χ4v) is 15.6. The monoisotopic (exact) mass is 1830 g/mol. The zero-order valence-corrected chi connectivity index (χ0v) is 65.7. The SMILES string of the molecule is CC1C(CC(OO)c2cc(O)c(O)c(O)c2-c2c(COO)cc(O)c(O)c2O)OC(OC(=O)c2cc(O)c(O)c(Oc3c(C(=O)OC4OC5CCc6cc(O)c(O)c(O)c6-c6c(cc(O)c(O)c6O)CC5C5OC(=O)c6cc(O)c(O)c(O)c6-c6c(cc(O)c(O)c6O)C(=O)OC45)cc(O)c(O)c3O)c2)C(OC(=O)c2cc(O)c(O)c(O)c2)C1OC(=O)c1cc(O)c(O)c(O)c1. The van der Waals surface area contributed by atoms with Crippen molar-refractivity contribution in [3.8, 4) is 212 Å². The minimum atomic E-state index is -2.79. The van der Waals surface area contributed by atoms with Gasteiger partial charge in [0.25, 0.3) is 0 Å². The summed E-state index contributed by atoms with van der Waals surface area (Å²) < 4.78 is 53.9. The van der Waals surface area contributed by atoms with E-state index < -0.39 is 397 Å². The largest absolute Gasteiger partial charge is 0.504 e. The lowest BCUT2D eigenvalue weighted by Gasteiger charge is -2.45. The zero-order valence-electron chi connectivity index (χ0n) is 65.7. The van der Waals surface area contributed by atoms with Gasteiger partial charge in [0.2, 0.25) is 76.5 Å². The number of phenols is 29. The maximum Gasteiger partial charge on any atom is 0.344 e. The normalized spacial score (nSPS) is 19.4. The van der Waals surface area contributed by atoms with Gasteiger partial charge in [-0.05, 0) is 114 Å². The van der Waals surface area contributed by atoms with Crippen LogP contribution in [-0.4, -0.2) is 244 Å². The summed E-state index contributed by atoms with van der Waals surface area (Å²) in [6.45, 7) is 0.0366. The van der Waals surface area contributed by atoms with E-state index in [1.54, 1.807) is 0 Å². The molecule has 11 unspecified atom stereocenters. The van der Waals surface area contributed by atoms with E-state index in [4.69, 9.17) is 47.5 Å². The Kier molecular flexibility index (Phi) is 23.3. The standard InChI is InChI=1S/C83H68O48/c1-20-45(18-46(131-120)27-14-40(92)60(102)67(109)51(27)50-26(19-121-119)12-39(91)59(101)66(50)108)124-82(74(127-77(114)24-9-34(86)55(97)35(87)10-24)71(20)125-76(113)23-7-32(84)54(96)33(85)8-23)129-78(115)25-11-36(88)56(98)47(13-25)122-72-31(17-43(95)63(105)70(72)112)81(118)130-83-75-73(126-79(116)29-15-41(93)61(103)68(110)52(29)53-30(80(117)128-75)16-42(94)62(104)69(53)111)28-4-22-6-38(90)58(100)65(107)49(22)48-21(2-3-44(28)123-83)5-37(89)57(99)64(48)106/h5-17,20,28,44-46,71,73-75,82-112,119-120H,2-4,18-19H2,1H3. The number of hydrogen-bond donors (Lipinski definition) is 31. The summed E-state index contributed by atoms with van der Waals surface area (Å²) in [5, 5.41) is 340. The maximum absolute atomic E-state index is 15.4. The highest BCUT2D eigenvalue weighted by Crippen LogP contribution is 2.60. The molecule has 48 heteroatoms. The maximum atomic E-state index is 15.4. The molecule has 2 saturated heterocycles. The lowest BCUT2D eigenvalue weighted by Crippen LogP contribution is -2.59. The van der Waals surface area contributed by atoms with Gasteiger partial charge in [0.15, 0.2) is 139 Å². The first-order valence-electron chi connectivity index (χ1n) is 37.6. The first-order chi connectivity index (χ1) is 61.8. The average molecular weight is 1830 g/mol. The van der Waals surface area contributed by atoms with Crippen LogP contribution in [0.1, 0.15) is 110 Å². The van der Waals surface area contributed by atoms with Crippen molar-refractivity contribution >= 4 is 35.8 Å². The molecule has 0 spiro atoms. The number of carbonyl (C=O) groups excluding carboxylic acids is 6. The number of rotatable bonds is 17. The summed E-state index contributed by atoms with van der Waals surface area (Å²) in [7, 11) is 0. The minimum absolute atomic E-state index is 0.239. The van der Waals surface area contributed by atoms with E-state index in [0.29, 0.717) is 60.7 Å². The number of fused-ring (bicyclic) bond motifs is 9. The van der Waals surface area contributed by atoms with Crippen molar-refractivity contribution in [1.82, 2.24) is 0 Å². The third kappa shape index (κ3) is 15.7. The Bertz CT molecular complexity index is 6430. The lowest BCUT2D eigenvalue weighted by atomic mass is 9.81. The third-order valence-corrected chi connectivity index (χ3v) is 22.1. The number of phenolic OH excluding ortho intramolecular Hbond substituents is 29. The van der Waals surface area contributed by atoms with E-state index in [9.17, 15) is 168 Å². The van der Waals surface area contributed by atoms with Crippen molar-refractivity contribution in [1.29, 1.82) is 0 Å². The molecule has 0 radical (unpaired) electrons. The fourth-order valence-electron chi connectivity index (χ4n) is 15.6. The molecule has 688 valence electrons. The van der Waals surface area contributed by atoms with Crippen LogP contribution in [0.5, 0.6) is 178 Å². The summed E-state index contributed by atoms with van der Waals surface area (Å²) in [6, 6.07) is 6.55. The van der Waals surface area contributed by atoms with E-state index >= 15 is 19.2 Å². The van der Waals surface area contributed by atoms with Crippen LogP contribution in [0, 0.1) is 11.8 Å². The zero-order chi connectivity index (χ0) is 95.5. The van der Waals surface area contributed by atoms with Gasteiger partial charge in [-0.25, -0.2) is 38.5 Å². The van der Waals surface area contributed by atoms with Crippen LogP contribution in [-0.2, 0) is 67.1 Å². The highest BCUT2D eigenvalue weighted by Gasteiger charge is 2.56. The van der Waals surface area contributed by atoms with Gasteiger partial charge in [0.05, 0.1) is 40.0 Å². The molecule has 0 bridgehead atoms. The molecule has 2 fully saturated rings. The first-order valence-corrected chi connectivity index (χ1v) is 37.6. The van der Waals surface area contributed by atoms with Crippen LogP contribution in [0.2, 0.25) is 0 Å². The Morgan fingerprint density at radius 2 is 0.786 bits per heavy atom. The van der Waals surface area contributed by atoms with E-state index in [1.807, 2.05) is 0 Å². The predicted octanol–water partition coefficient (Wildman–Crippen LogP) is 6.97. The van der Waals surface area contributed by atoms with Gasteiger partial charge in [0, 0.05) is 57.7 Å². The molecule has 0 aromatic heterocycles. The fraction of sp³-hybridized carbons (Fsp3) is 0.205. The molecule has 31 N–H and O–H groups in total. The van der Waals surface area contributed by atoms with E-state index in [1.165, 1.54) is 0 Å². The highest BCUT2D eigenvalue weighted by atomic mass is 17.1. The predicted molar refractivity (Wildman–Crippen MR) is 418 cm³/mol. The lowest BCUT2D eigenvalue weighted by molar-refractivity contribution is -0.305. The van der Waals surface area contributed by atoms with Crippen molar-refractivity contribution in [2.45, 2.75) is 94.5 Å². The Labute approximate surface area is 725 Å². The van der Waals surface area contributed by atoms with Crippen molar-refractivity contribution in [3.63, 3.8) is 0 Å². The number of ether oxygens (including phenoxy) is 9. The summed E-state index contributed by atoms with van der Waals surface area (Å²) in [5.74, 6) is -56.2. The second-order valence-electron chi connectivity index (χ2n) is 29.9.